The minimum absolute atomic E-state index is 0.101. The third kappa shape index (κ3) is 5.51. The van der Waals surface area contributed by atoms with Gasteiger partial charge in [0.25, 0.3) is 0 Å². The number of allylic oxidation sites excluding steroid dienone is 4. The van der Waals surface area contributed by atoms with E-state index in [1.54, 1.807) is 26.4 Å². The average Bonchev–Trinajstić information content (AvgIpc) is 2.92. The predicted octanol–water partition coefficient (Wildman–Crippen LogP) is 7.40. The van der Waals surface area contributed by atoms with Gasteiger partial charge in [-0.25, -0.2) is 0 Å². The van der Waals surface area contributed by atoms with E-state index in [9.17, 15) is 9.59 Å². The van der Waals surface area contributed by atoms with Crippen molar-refractivity contribution in [3.63, 3.8) is 0 Å². The molecule has 0 amide bonds. The van der Waals surface area contributed by atoms with Gasteiger partial charge in [0.1, 0.15) is 6.61 Å². The van der Waals surface area contributed by atoms with E-state index >= 15 is 0 Å². The molecule has 6 nitrogen and oxygen atoms in total. The molecule has 2 aromatic rings. The summed E-state index contributed by atoms with van der Waals surface area (Å²) in [6.45, 7) is 1.39. The van der Waals surface area contributed by atoms with Gasteiger partial charge >= 0.3 is 0 Å². The lowest BCUT2D eigenvalue weighted by Crippen LogP contribution is -2.40. The lowest BCUT2D eigenvalue weighted by Gasteiger charge is -2.44. The Morgan fingerprint density at radius 1 is 0.923 bits per heavy atom. The van der Waals surface area contributed by atoms with E-state index in [2.05, 4.69) is 20.8 Å². The number of nitrogens with zero attached hydrogens (tertiary/aromatic N) is 1. The second-order valence-electron chi connectivity index (χ2n) is 9.92. The number of halogens is 3. The van der Waals surface area contributed by atoms with Crippen LogP contribution in [0.5, 0.6) is 11.5 Å². The Labute approximate surface area is 247 Å². The van der Waals surface area contributed by atoms with E-state index in [-0.39, 0.29) is 18.2 Å². The molecule has 0 spiro atoms. The minimum atomic E-state index is -0.441. The van der Waals surface area contributed by atoms with Crippen LogP contribution in [0.25, 0.3) is 0 Å². The lowest BCUT2D eigenvalue weighted by atomic mass is 9.71. The molecule has 39 heavy (non-hydrogen) atoms. The van der Waals surface area contributed by atoms with Gasteiger partial charge in [0, 0.05) is 55.0 Å². The average molecular weight is 635 g/mol. The van der Waals surface area contributed by atoms with Gasteiger partial charge in [-0.15, -0.1) is 0 Å². The summed E-state index contributed by atoms with van der Waals surface area (Å²) in [5.74, 6) is 0.797. The van der Waals surface area contributed by atoms with Crippen LogP contribution in [0, 0.1) is 0 Å². The fourth-order valence-corrected chi connectivity index (χ4v) is 6.73. The zero-order chi connectivity index (χ0) is 27.7. The molecule has 0 bridgehead atoms. The largest absolute Gasteiger partial charge is 0.493 e. The summed E-state index contributed by atoms with van der Waals surface area (Å²) in [5.41, 5.74) is 5.19. The molecule has 1 heterocycles. The van der Waals surface area contributed by atoms with Gasteiger partial charge in [-0.1, -0.05) is 29.3 Å². The van der Waals surface area contributed by atoms with Crippen LogP contribution >= 0.6 is 39.1 Å². The topological polar surface area (TPSA) is 65.1 Å². The summed E-state index contributed by atoms with van der Waals surface area (Å²) in [7, 11) is 3.25. The Morgan fingerprint density at radius 3 is 2.18 bits per heavy atom. The summed E-state index contributed by atoms with van der Waals surface area (Å²) in [5, 5.41) is 0.937. The first-order valence-electron chi connectivity index (χ1n) is 13.1. The van der Waals surface area contributed by atoms with Crippen LogP contribution in [0.1, 0.15) is 55.6 Å². The fourth-order valence-electron chi connectivity index (χ4n) is 5.83. The zero-order valence-electron chi connectivity index (χ0n) is 22.0. The number of hydrogen-bond donors (Lipinski definition) is 0. The van der Waals surface area contributed by atoms with Gasteiger partial charge in [0.05, 0.1) is 28.2 Å². The molecule has 2 aromatic carbocycles. The van der Waals surface area contributed by atoms with Crippen molar-refractivity contribution in [2.45, 2.75) is 51.0 Å². The Balaban J connectivity index is 1.57. The maximum absolute atomic E-state index is 13.5. The van der Waals surface area contributed by atoms with E-state index in [0.29, 0.717) is 52.0 Å². The van der Waals surface area contributed by atoms with Crippen molar-refractivity contribution in [3.8, 4) is 11.5 Å². The number of carbonyl (C=O) groups excluding carboxylic acids is 2. The Morgan fingerprint density at radius 2 is 1.59 bits per heavy atom. The first-order valence-corrected chi connectivity index (χ1v) is 14.6. The normalized spacial score (nSPS) is 17.9. The first kappa shape index (κ1) is 28.2. The zero-order valence-corrected chi connectivity index (χ0v) is 25.0. The highest BCUT2D eigenvalue weighted by Crippen LogP contribution is 2.51. The second-order valence-corrected chi connectivity index (χ2v) is 11.6. The smallest absolute Gasteiger partial charge is 0.175 e. The van der Waals surface area contributed by atoms with Crippen LogP contribution in [0.3, 0.4) is 0 Å². The molecule has 206 valence electrons. The number of Topliss-reactive ketones (excluding diaryl/α,β-unsaturated/α-hetero) is 2. The molecular formula is C30H30BrCl2NO5. The van der Waals surface area contributed by atoms with Crippen LogP contribution in [-0.2, 0) is 20.9 Å². The van der Waals surface area contributed by atoms with E-state index in [1.807, 2.05) is 18.2 Å². The van der Waals surface area contributed by atoms with Crippen molar-refractivity contribution >= 4 is 50.7 Å². The van der Waals surface area contributed by atoms with Crippen molar-refractivity contribution in [3.05, 3.63) is 78.5 Å². The standard InChI is InChI=1S/C30H30BrCl2NO5/c1-37-12-11-34-22-5-3-7-24(35)28(22)27(29-23(34)6-4-8-25(29)36)18-14-19(31)30(26(15-18)38-2)39-16-17-9-10-20(32)21(33)13-17/h9-10,13-15,27H,3-8,11-12,16H2,1-2H3. The maximum Gasteiger partial charge on any atom is 0.175 e. The molecule has 0 fully saturated rings. The van der Waals surface area contributed by atoms with Crippen molar-refractivity contribution in [1.82, 2.24) is 4.90 Å². The van der Waals surface area contributed by atoms with Gasteiger partial charge in [0.2, 0.25) is 0 Å². The van der Waals surface area contributed by atoms with E-state index in [1.165, 1.54) is 0 Å². The Hall–Kier alpha value is -2.32. The lowest BCUT2D eigenvalue weighted by molar-refractivity contribution is -0.117. The molecule has 3 aliphatic rings. The summed E-state index contributed by atoms with van der Waals surface area (Å²) >= 11 is 15.9. The first-order chi connectivity index (χ1) is 18.8. The van der Waals surface area contributed by atoms with E-state index in [0.717, 1.165) is 59.4 Å². The fraction of sp³-hybridized carbons (Fsp3) is 0.400. The quantitative estimate of drug-likeness (QED) is 0.301. The molecule has 0 radical (unpaired) electrons. The Kier molecular flexibility index (Phi) is 8.72. The molecule has 0 aromatic heterocycles. The molecular weight excluding hydrogens is 605 g/mol. The number of hydrogen-bond acceptors (Lipinski definition) is 6. The minimum Gasteiger partial charge on any atom is -0.493 e. The summed E-state index contributed by atoms with van der Waals surface area (Å²) in [6, 6.07) is 9.19. The number of methoxy groups -OCH3 is 2. The van der Waals surface area contributed by atoms with Gasteiger partial charge in [-0.3, -0.25) is 9.59 Å². The van der Waals surface area contributed by atoms with Crippen molar-refractivity contribution in [2.24, 2.45) is 0 Å². The van der Waals surface area contributed by atoms with E-state index in [4.69, 9.17) is 37.4 Å². The van der Waals surface area contributed by atoms with Crippen molar-refractivity contribution in [2.75, 3.05) is 27.4 Å². The predicted molar refractivity (Wildman–Crippen MR) is 155 cm³/mol. The highest BCUT2D eigenvalue weighted by atomic mass is 79.9. The molecule has 5 rings (SSSR count). The van der Waals surface area contributed by atoms with Crippen LogP contribution in [-0.4, -0.2) is 43.8 Å². The summed E-state index contributed by atoms with van der Waals surface area (Å²) in [4.78, 5) is 29.2. The van der Waals surface area contributed by atoms with Gasteiger partial charge in [-0.2, -0.15) is 0 Å². The second kappa shape index (κ2) is 12.0. The van der Waals surface area contributed by atoms with Gasteiger partial charge in [-0.05, 0) is 77.0 Å². The molecule has 2 aliphatic carbocycles. The third-order valence-electron chi connectivity index (χ3n) is 7.56. The van der Waals surface area contributed by atoms with Crippen LogP contribution in [0.15, 0.2) is 57.3 Å². The number of benzene rings is 2. The van der Waals surface area contributed by atoms with E-state index < -0.39 is 5.92 Å². The van der Waals surface area contributed by atoms with Gasteiger partial charge < -0.3 is 19.1 Å². The highest BCUT2D eigenvalue weighted by molar-refractivity contribution is 9.10. The molecule has 0 unspecified atom stereocenters. The number of rotatable bonds is 8. The number of ether oxygens (including phenoxy) is 3. The molecule has 0 saturated heterocycles. The summed E-state index contributed by atoms with van der Waals surface area (Å²) in [6.07, 6.45) is 4.17. The third-order valence-corrected chi connectivity index (χ3v) is 8.89. The van der Waals surface area contributed by atoms with Crippen LogP contribution in [0.2, 0.25) is 10.0 Å². The van der Waals surface area contributed by atoms with Crippen molar-refractivity contribution in [1.29, 1.82) is 0 Å². The molecule has 9 heteroatoms. The van der Waals surface area contributed by atoms with Crippen LogP contribution < -0.4 is 9.47 Å². The van der Waals surface area contributed by atoms with Crippen LogP contribution in [0.4, 0.5) is 0 Å². The van der Waals surface area contributed by atoms with Crippen molar-refractivity contribution < 1.29 is 23.8 Å². The monoisotopic (exact) mass is 633 g/mol. The number of ketones is 2. The number of carbonyl (C=O) groups is 2. The molecule has 0 N–H and O–H groups in total. The SMILES string of the molecule is COCCN1C2=C(C(=O)CCC2)C(c2cc(Br)c(OCc3ccc(Cl)c(Cl)c3)c(OC)c2)C2=C1CCCC2=O. The molecule has 1 aliphatic heterocycles. The highest BCUT2D eigenvalue weighted by Gasteiger charge is 2.43. The Bertz CT molecular complexity index is 1340. The summed E-state index contributed by atoms with van der Waals surface area (Å²) < 4.78 is 18.0. The van der Waals surface area contributed by atoms with Gasteiger partial charge in [0.15, 0.2) is 23.1 Å². The maximum atomic E-state index is 13.5. The molecule has 0 saturated carbocycles. The molecule has 0 atom stereocenters.